The maximum atomic E-state index is 12.3. The molecule has 1 aliphatic heterocycles. The van der Waals surface area contributed by atoms with Crippen LogP contribution in [0.3, 0.4) is 0 Å². The average Bonchev–Trinajstić information content (AvgIpc) is 3.05. The van der Waals surface area contributed by atoms with Crippen LogP contribution in [0.4, 0.5) is 16.2 Å². The topological polar surface area (TPSA) is 108 Å². The number of imidazole rings is 1. The number of nitrogens with zero attached hydrogens (tertiary/aromatic N) is 4. The van der Waals surface area contributed by atoms with Gasteiger partial charge in [-0.1, -0.05) is 0 Å². The predicted molar refractivity (Wildman–Crippen MR) is 106 cm³/mol. The van der Waals surface area contributed by atoms with Crippen LogP contribution in [0.1, 0.15) is 0 Å². The van der Waals surface area contributed by atoms with Gasteiger partial charge in [-0.05, 0) is 30.3 Å². The molecule has 1 aromatic heterocycles. The van der Waals surface area contributed by atoms with Gasteiger partial charge in [0.1, 0.15) is 12.2 Å². The van der Waals surface area contributed by atoms with E-state index in [0.29, 0.717) is 51.6 Å². The van der Waals surface area contributed by atoms with Gasteiger partial charge in [-0.3, -0.25) is 0 Å². The van der Waals surface area contributed by atoms with E-state index in [9.17, 15) is 15.2 Å². The van der Waals surface area contributed by atoms with Crippen molar-refractivity contribution in [2.75, 3.05) is 31.5 Å². The van der Waals surface area contributed by atoms with Gasteiger partial charge in [-0.2, -0.15) is 9.47 Å². The number of hydrogen-bond acceptors (Lipinski definition) is 5. The van der Waals surface area contributed by atoms with Crippen molar-refractivity contribution in [2.24, 2.45) is 0 Å². The zero-order valence-electron chi connectivity index (χ0n) is 15.1. The van der Waals surface area contributed by atoms with Crippen molar-refractivity contribution in [3.05, 3.63) is 47.7 Å². The number of rotatable bonds is 3. The van der Waals surface area contributed by atoms with Gasteiger partial charge < -0.3 is 25.9 Å². The Hall–Kier alpha value is -3.59. The van der Waals surface area contributed by atoms with Crippen LogP contribution in [0.5, 0.6) is 0 Å². The van der Waals surface area contributed by atoms with E-state index < -0.39 is 0 Å². The summed E-state index contributed by atoms with van der Waals surface area (Å²) in [6, 6.07) is 11.7. The first kappa shape index (κ1) is 17.8. The minimum Gasteiger partial charge on any atom is -0.619 e. The molecular weight excluding hydrogens is 360 g/mol. The van der Waals surface area contributed by atoms with E-state index in [0.717, 1.165) is 17.8 Å². The Morgan fingerprint density at radius 1 is 1.21 bits per heavy atom. The second-order valence-electron chi connectivity index (χ2n) is 6.54. The SMILES string of the molecule is C=[N+]([O-])c1ccc2nc(-c3ccc(NC(=O)N4CCNCC4)cc3)n(O)c2c1. The first-order valence-electron chi connectivity index (χ1n) is 8.89. The largest absolute Gasteiger partial charge is 0.619 e. The third kappa shape index (κ3) is 3.35. The molecule has 1 fully saturated rings. The summed E-state index contributed by atoms with van der Waals surface area (Å²) in [5, 5.41) is 27.9. The monoisotopic (exact) mass is 380 g/mol. The lowest BCUT2D eigenvalue weighted by atomic mass is 10.2. The van der Waals surface area contributed by atoms with Crippen molar-refractivity contribution in [2.45, 2.75) is 0 Å². The second kappa shape index (κ2) is 7.20. The van der Waals surface area contributed by atoms with E-state index in [1.807, 2.05) is 0 Å². The Balaban J connectivity index is 1.56. The molecule has 0 unspecified atom stereocenters. The fraction of sp³-hybridized carbons (Fsp3) is 0.211. The molecule has 0 saturated carbocycles. The molecule has 4 rings (SSSR count). The normalized spacial score (nSPS) is 14.2. The summed E-state index contributed by atoms with van der Waals surface area (Å²) in [6.45, 7) is 6.23. The maximum Gasteiger partial charge on any atom is 0.321 e. The van der Waals surface area contributed by atoms with Gasteiger partial charge >= 0.3 is 6.03 Å². The average molecular weight is 380 g/mol. The molecule has 2 heterocycles. The molecule has 2 aromatic carbocycles. The number of carbonyl (C=O) groups excluding carboxylic acids is 1. The fourth-order valence-electron chi connectivity index (χ4n) is 3.17. The Morgan fingerprint density at radius 2 is 1.93 bits per heavy atom. The third-order valence-corrected chi connectivity index (χ3v) is 4.70. The summed E-state index contributed by atoms with van der Waals surface area (Å²) in [6.07, 6.45) is 0. The summed E-state index contributed by atoms with van der Waals surface area (Å²) in [5.74, 6) is 0.341. The van der Waals surface area contributed by atoms with Gasteiger partial charge in [0.15, 0.2) is 5.82 Å². The molecule has 9 nitrogen and oxygen atoms in total. The fourth-order valence-corrected chi connectivity index (χ4v) is 3.17. The number of amides is 2. The number of aromatic nitrogens is 2. The van der Waals surface area contributed by atoms with Crippen LogP contribution < -0.4 is 10.6 Å². The van der Waals surface area contributed by atoms with E-state index in [-0.39, 0.29) is 6.03 Å². The standard InChI is InChI=1S/C19H20N6O3/c1-23(27)15-6-7-16-17(12-15)25(28)18(22-16)13-2-4-14(5-3-13)21-19(26)24-10-8-20-9-11-24/h2-7,12,20,28H,1,8-11H2,(H,21,26). The minimum atomic E-state index is -0.133. The molecule has 1 aliphatic rings. The molecule has 144 valence electrons. The number of anilines is 1. The molecule has 0 aliphatic carbocycles. The van der Waals surface area contributed by atoms with Crippen LogP contribution in [-0.2, 0) is 0 Å². The van der Waals surface area contributed by atoms with Crippen molar-refractivity contribution in [3.63, 3.8) is 0 Å². The van der Waals surface area contributed by atoms with E-state index in [1.165, 1.54) is 6.07 Å². The van der Waals surface area contributed by atoms with Crippen molar-refractivity contribution >= 4 is 35.2 Å². The quantitative estimate of drug-likeness (QED) is 0.212. The first-order valence-corrected chi connectivity index (χ1v) is 8.89. The lowest BCUT2D eigenvalue weighted by Gasteiger charge is -2.27. The summed E-state index contributed by atoms with van der Waals surface area (Å²) in [7, 11) is 0. The molecule has 9 heteroatoms. The van der Waals surface area contributed by atoms with Crippen LogP contribution in [0.25, 0.3) is 22.4 Å². The van der Waals surface area contributed by atoms with Gasteiger partial charge in [-0.15, -0.1) is 0 Å². The van der Waals surface area contributed by atoms with Crippen LogP contribution in [0.15, 0.2) is 42.5 Å². The van der Waals surface area contributed by atoms with Crippen molar-refractivity contribution < 1.29 is 14.7 Å². The third-order valence-electron chi connectivity index (χ3n) is 4.70. The molecule has 0 spiro atoms. The number of carbonyl (C=O) groups is 1. The highest BCUT2D eigenvalue weighted by atomic mass is 16.5. The number of urea groups is 1. The summed E-state index contributed by atoms with van der Waals surface area (Å²) >= 11 is 0. The van der Waals surface area contributed by atoms with Gasteiger partial charge in [0.05, 0.1) is 5.52 Å². The zero-order valence-corrected chi connectivity index (χ0v) is 15.1. The van der Waals surface area contributed by atoms with Crippen molar-refractivity contribution in [1.82, 2.24) is 19.9 Å². The molecule has 28 heavy (non-hydrogen) atoms. The van der Waals surface area contributed by atoms with Crippen LogP contribution in [-0.4, -0.2) is 63.5 Å². The minimum absolute atomic E-state index is 0.133. The smallest absolute Gasteiger partial charge is 0.321 e. The van der Waals surface area contributed by atoms with Gasteiger partial charge in [0, 0.05) is 49.6 Å². The molecule has 0 radical (unpaired) electrons. The number of nitrogens with one attached hydrogen (secondary N) is 2. The molecular formula is C19H20N6O3. The predicted octanol–water partition coefficient (Wildman–Crippen LogP) is 2.22. The lowest BCUT2D eigenvalue weighted by molar-refractivity contribution is -0.349. The second-order valence-corrected chi connectivity index (χ2v) is 6.54. The van der Waals surface area contributed by atoms with E-state index in [1.54, 1.807) is 41.3 Å². The highest BCUT2D eigenvalue weighted by molar-refractivity contribution is 5.90. The molecule has 0 bridgehead atoms. The number of hydrogen-bond donors (Lipinski definition) is 3. The maximum absolute atomic E-state index is 12.3. The summed E-state index contributed by atoms with van der Waals surface area (Å²) in [5.41, 5.74) is 2.62. The van der Waals surface area contributed by atoms with Crippen molar-refractivity contribution in [1.29, 1.82) is 0 Å². The summed E-state index contributed by atoms with van der Waals surface area (Å²) < 4.78 is 1.42. The van der Waals surface area contributed by atoms with E-state index in [4.69, 9.17) is 0 Å². The lowest BCUT2D eigenvalue weighted by Crippen LogP contribution is -2.48. The van der Waals surface area contributed by atoms with Crippen LogP contribution in [0, 0.1) is 5.21 Å². The molecule has 3 aromatic rings. The van der Waals surface area contributed by atoms with Gasteiger partial charge in [0.25, 0.3) is 0 Å². The zero-order chi connectivity index (χ0) is 19.7. The highest BCUT2D eigenvalue weighted by Crippen LogP contribution is 2.27. The molecule has 3 N–H and O–H groups in total. The van der Waals surface area contributed by atoms with Gasteiger partial charge in [-0.25, -0.2) is 9.78 Å². The number of fused-ring (bicyclic) bond motifs is 1. The first-order chi connectivity index (χ1) is 13.5. The Kier molecular flexibility index (Phi) is 4.58. The Bertz CT molecular complexity index is 1040. The van der Waals surface area contributed by atoms with Crippen molar-refractivity contribution in [3.8, 4) is 11.4 Å². The Labute approximate surface area is 161 Å². The Morgan fingerprint density at radius 3 is 2.61 bits per heavy atom. The van der Waals surface area contributed by atoms with Crippen LogP contribution in [0.2, 0.25) is 0 Å². The van der Waals surface area contributed by atoms with Crippen LogP contribution >= 0.6 is 0 Å². The molecule has 2 amide bonds. The van der Waals surface area contributed by atoms with E-state index >= 15 is 0 Å². The summed E-state index contributed by atoms with van der Waals surface area (Å²) in [4.78, 5) is 18.5. The highest BCUT2D eigenvalue weighted by Gasteiger charge is 2.17. The molecule has 1 saturated heterocycles. The molecule has 0 atom stereocenters. The van der Waals surface area contributed by atoms with Gasteiger partial charge in [0.2, 0.25) is 5.69 Å². The van der Waals surface area contributed by atoms with E-state index in [2.05, 4.69) is 22.3 Å². The number of piperazine rings is 1. The number of benzene rings is 2.